The van der Waals surface area contributed by atoms with Gasteiger partial charge in [0.25, 0.3) is 0 Å². The Morgan fingerprint density at radius 1 is 0.838 bits per heavy atom. The van der Waals surface area contributed by atoms with Gasteiger partial charge in [0.1, 0.15) is 0 Å². The summed E-state index contributed by atoms with van der Waals surface area (Å²) in [5, 5.41) is 5.20. The summed E-state index contributed by atoms with van der Waals surface area (Å²) >= 11 is 6.21. The number of amides is 1. The van der Waals surface area contributed by atoms with Crippen molar-refractivity contribution in [3.63, 3.8) is 0 Å². The van der Waals surface area contributed by atoms with Crippen LogP contribution in [0.15, 0.2) is 109 Å². The van der Waals surface area contributed by atoms with Crippen molar-refractivity contribution < 1.29 is 4.79 Å². The van der Waals surface area contributed by atoms with Crippen molar-refractivity contribution in [2.75, 3.05) is 0 Å². The van der Waals surface area contributed by atoms with Crippen LogP contribution in [0.3, 0.4) is 0 Å². The zero-order chi connectivity index (χ0) is 25.6. The van der Waals surface area contributed by atoms with E-state index >= 15 is 0 Å². The van der Waals surface area contributed by atoms with Crippen molar-refractivity contribution in [1.29, 1.82) is 0 Å². The van der Waals surface area contributed by atoms with E-state index in [1.807, 2.05) is 60.7 Å². The lowest BCUT2D eigenvalue weighted by Crippen LogP contribution is -2.31. The summed E-state index contributed by atoms with van der Waals surface area (Å²) in [7, 11) is 0. The summed E-state index contributed by atoms with van der Waals surface area (Å²) in [5.74, 6) is -0.0861. The number of aromatic nitrogens is 1. The lowest BCUT2D eigenvalue weighted by atomic mass is 9.87. The highest BCUT2D eigenvalue weighted by Crippen LogP contribution is 2.35. The molecule has 0 saturated heterocycles. The molecule has 0 aliphatic carbocycles. The van der Waals surface area contributed by atoms with Crippen LogP contribution in [0.1, 0.15) is 53.1 Å². The van der Waals surface area contributed by atoms with E-state index in [1.54, 1.807) is 0 Å². The first-order chi connectivity index (χ1) is 18.1. The molecule has 4 heteroatoms. The fraction of sp³-hybridized carbons (Fsp3) is 0.182. The standard InChI is InChI=1S/C33H31ClN2O/c1-2-24-14-9-15-28-30(22-35-33(24)28)29(25-16-18-27(34)19-17-25)21-32(37)36-31(26-12-7-4-8-13-26)20-23-10-5-3-6-11-23/h3-19,22,29,31,35H,2,20-21H2,1H3,(H,36,37)/t29-,31-/m1/s1. The van der Waals surface area contributed by atoms with Gasteiger partial charge in [-0.1, -0.05) is 110 Å². The van der Waals surface area contributed by atoms with E-state index in [9.17, 15) is 4.79 Å². The van der Waals surface area contributed by atoms with Gasteiger partial charge in [-0.2, -0.15) is 0 Å². The molecule has 1 heterocycles. The number of aromatic amines is 1. The van der Waals surface area contributed by atoms with Crippen LogP contribution < -0.4 is 5.32 Å². The Morgan fingerprint density at radius 3 is 2.24 bits per heavy atom. The third-order valence-electron chi connectivity index (χ3n) is 7.07. The Kier molecular flexibility index (Phi) is 7.72. The Bertz CT molecular complexity index is 1460. The number of fused-ring (bicyclic) bond motifs is 1. The maximum atomic E-state index is 13.7. The van der Waals surface area contributed by atoms with Crippen molar-refractivity contribution in [3.05, 3.63) is 142 Å². The first-order valence-corrected chi connectivity index (χ1v) is 13.2. The molecule has 0 saturated carbocycles. The predicted octanol–water partition coefficient (Wildman–Crippen LogP) is 8.01. The molecule has 0 bridgehead atoms. The number of halogens is 1. The second-order valence-electron chi connectivity index (χ2n) is 9.47. The van der Waals surface area contributed by atoms with E-state index in [4.69, 9.17) is 11.6 Å². The number of aryl methyl sites for hydroxylation is 1. The van der Waals surface area contributed by atoms with Gasteiger partial charge < -0.3 is 10.3 Å². The smallest absolute Gasteiger partial charge is 0.221 e. The van der Waals surface area contributed by atoms with E-state index in [2.05, 4.69) is 65.9 Å². The molecule has 0 aliphatic rings. The van der Waals surface area contributed by atoms with E-state index in [0.717, 1.165) is 40.4 Å². The van der Waals surface area contributed by atoms with Gasteiger partial charge in [0, 0.05) is 34.5 Å². The lowest BCUT2D eigenvalue weighted by molar-refractivity contribution is -0.122. The zero-order valence-corrected chi connectivity index (χ0v) is 21.7. The summed E-state index contributed by atoms with van der Waals surface area (Å²) < 4.78 is 0. The van der Waals surface area contributed by atoms with Gasteiger partial charge in [0.2, 0.25) is 5.91 Å². The fourth-order valence-electron chi connectivity index (χ4n) is 5.15. The number of nitrogens with one attached hydrogen (secondary N) is 2. The topological polar surface area (TPSA) is 44.9 Å². The van der Waals surface area contributed by atoms with Gasteiger partial charge in [-0.05, 0) is 52.8 Å². The molecule has 4 aromatic carbocycles. The predicted molar refractivity (Wildman–Crippen MR) is 153 cm³/mol. The molecule has 0 unspecified atom stereocenters. The van der Waals surface area contributed by atoms with E-state index < -0.39 is 0 Å². The average molecular weight is 507 g/mol. The summed E-state index contributed by atoms with van der Waals surface area (Å²) in [6, 6.07) is 34.7. The molecule has 3 nitrogen and oxygen atoms in total. The molecule has 186 valence electrons. The second-order valence-corrected chi connectivity index (χ2v) is 9.90. The minimum atomic E-state index is -0.114. The van der Waals surface area contributed by atoms with E-state index in [0.29, 0.717) is 11.4 Å². The molecule has 0 spiro atoms. The summed E-state index contributed by atoms with van der Waals surface area (Å²) in [6.07, 6.45) is 4.08. The quantitative estimate of drug-likeness (QED) is 0.209. The number of benzene rings is 4. The van der Waals surface area contributed by atoms with Crippen LogP contribution in [0.25, 0.3) is 10.9 Å². The normalized spacial score (nSPS) is 12.8. The van der Waals surface area contributed by atoms with Crippen LogP contribution in [0, 0.1) is 0 Å². The molecule has 5 aromatic rings. The molecule has 0 radical (unpaired) electrons. The SMILES string of the molecule is CCc1cccc2c([C@H](CC(=O)N[C@H](Cc3ccccc3)c3ccccc3)c3ccc(Cl)cc3)c[nH]c12. The second kappa shape index (κ2) is 11.5. The van der Waals surface area contributed by atoms with Crippen molar-refractivity contribution >= 4 is 28.4 Å². The molecular weight excluding hydrogens is 476 g/mol. The minimum Gasteiger partial charge on any atom is -0.361 e. The number of H-pyrrole nitrogens is 1. The Labute approximate surface area is 223 Å². The van der Waals surface area contributed by atoms with Gasteiger partial charge >= 0.3 is 0 Å². The summed E-state index contributed by atoms with van der Waals surface area (Å²) in [5.41, 5.74) is 6.90. The fourth-order valence-corrected chi connectivity index (χ4v) is 5.28. The van der Waals surface area contributed by atoms with E-state index in [-0.39, 0.29) is 17.9 Å². The Hall–Kier alpha value is -3.82. The summed E-state index contributed by atoms with van der Waals surface area (Å²) in [6.45, 7) is 2.16. The van der Waals surface area contributed by atoms with Crippen LogP contribution in [-0.2, 0) is 17.6 Å². The highest BCUT2D eigenvalue weighted by molar-refractivity contribution is 6.30. The average Bonchev–Trinajstić information content (AvgIpc) is 3.37. The molecule has 37 heavy (non-hydrogen) atoms. The third-order valence-corrected chi connectivity index (χ3v) is 7.32. The van der Waals surface area contributed by atoms with Crippen molar-refractivity contribution in [1.82, 2.24) is 10.3 Å². The van der Waals surface area contributed by atoms with Gasteiger partial charge in [-0.3, -0.25) is 4.79 Å². The number of para-hydroxylation sites is 1. The molecule has 5 rings (SSSR count). The number of hydrogen-bond acceptors (Lipinski definition) is 1. The van der Waals surface area contributed by atoms with Crippen molar-refractivity contribution in [2.45, 2.75) is 38.1 Å². The molecule has 1 aromatic heterocycles. The van der Waals surface area contributed by atoms with Crippen LogP contribution in [0.5, 0.6) is 0 Å². The first kappa shape index (κ1) is 24.9. The number of carbonyl (C=O) groups is 1. The molecule has 1 amide bonds. The number of carbonyl (C=O) groups excluding carboxylic acids is 1. The van der Waals surface area contributed by atoms with Crippen LogP contribution in [-0.4, -0.2) is 10.9 Å². The highest BCUT2D eigenvalue weighted by Gasteiger charge is 2.24. The first-order valence-electron chi connectivity index (χ1n) is 12.8. The van der Waals surface area contributed by atoms with Crippen LogP contribution in [0.4, 0.5) is 0 Å². The van der Waals surface area contributed by atoms with Gasteiger partial charge in [-0.15, -0.1) is 0 Å². The Balaban J connectivity index is 1.46. The summed E-state index contributed by atoms with van der Waals surface area (Å²) in [4.78, 5) is 17.2. The zero-order valence-electron chi connectivity index (χ0n) is 21.0. The molecule has 2 N–H and O–H groups in total. The van der Waals surface area contributed by atoms with Crippen LogP contribution >= 0.6 is 11.6 Å². The number of hydrogen-bond donors (Lipinski definition) is 2. The lowest BCUT2D eigenvalue weighted by Gasteiger charge is -2.22. The molecule has 0 fully saturated rings. The molecular formula is C33H31ClN2O. The highest BCUT2D eigenvalue weighted by atomic mass is 35.5. The van der Waals surface area contributed by atoms with Gasteiger partial charge in [0.15, 0.2) is 0 Å². The number of rotatable bonds is 9. The van der Waals surface area contributed by atoms with Crippen LogP contribution in [0.2, 0.25) is 5.02 Å². The molecule has 0 aliphatic heterocycles. The van der Waals surface area contributed by atoms with Crippen molar-refractivity contribution in [3.8, 4) is 0 Å². The maximum Gasteiger partial charge on any atom is 0.221 e. The van der Waals surface area contributed by atoms with E-state index in [1.165, 1.54) is 11.1 Å². The maximum absolute atomic E-state index is 13.7. The van der Waals surface area contributed by atoms with Crippen molar-refractivity contribution in [2.24, 2.45) is 0 Å². The van der Waals surface area contributed by atoms with Gasteiger partial charge in [-0.25, -0.2) is 0 Å². The third kappa shape index (κ3) is 5.79. The largest absolute Gasteiger partial charge is 0.361 e. The Morgan fingerprint density at radius 2 is 1.54 bits per heavy atom. The van der Waals surface area contributed by atoms with Gasteiger partial charge in [0.05, 0.1) is 6.04 Å². The minimum absolute atomic E-state index is 0.0192. The monoisotopic (exact) mass is 506 g/mol. The molecule has 2 atom stereocenters.